The van der Waals surface area contributed by atoms with E-state index in [0.717, 1.165) is 0 Å². The molecule has 0 aliphatic heterocycles. The van der Waals surface area contributed by atoms with Gasteiger partial charge < -0.3 is 14.7 Å². The predicted molar refractivity (Wildman–Crippen MR) is 24.9 cm³/mol. The van der Waals surface area contributed by atoms with Crippen LogP contribution in [0.15, 0.2) is 0 Å². The molecular weight excluding hydrogens is 306 g/mol. The van der Waals surface area contributed by atoms with Gasteiger partial charge in [-0.25, -0.2) is 0 Å². The largest absolute Gasteiger partial charge is 1.00 e. The van der Waals surface area contributed by atoms with Gasteiger partial charge in [-0.2, -0.15) is 0 Å². The van der Waals surface area contributed by atoms with Crippen molar-refractivity contribution in [3.8, 4) is 0 Å². The first-order valence-electron chi connectivity index (χ1n) is 1.64. The number of hydrogen-bond donors (Lipinski definition) is 0. The summed E-state index contributed by atoms with van der Waals surface area (Å²) in [5.74, 6) is 0. The molecule has 0 rings (SSSR count). The van der Waals surface area contributed by atoms with Gasteiger partial charge in [-0.05, 0) is 0 Å². The molecule has 15 heteroatoms. The van der Waals surface area contributed by atoms with Crippen LogP contribution in [-0.4, -0.2) is 0 Å². The predicted octanol–water partition coefficient (Wildman–Crippen LogP) is -10.7. The Balaban J connectivity index is -0.0000000184. The van der Waals surface area contributed by atoms with Crippen LogP contribution in [-0.2, 0) is 27.4 Å². The van der Waals surface area contributed by atoms with Crippen LogP contribution in [0.5, 0.6) is 0 Å². The Labute approximate surface area is 162 Å². The Morgan fingerprint density at radius 3 is 0.600 bits per heavy atom. The fourth-order valence-corrected chi connectivity index (χ4v) is 0. The van der Waals surface area contributed by atoms with Gasteiger partial charge in [0.05, 0.1) is 0 Å². The van der Waals surface area contributed by atoms with Crippen molar-refractivity contribution in [3.05, 3.63) is 0 Å². The average molecular weight is 306 g/mol. The van der Waals surface area contributed by atoms with Crippen LogP contribution in [0.1, 0.15) is 0 Å². The van der Waals surface area contributed by atoms with Gasteiger partial charge in [0.25, 0.3) is 0 Å². The zero-order valence-electron chi connectivity index (χ0n) is 8.02. The molecule has 0 saturated heterocycles. The van der Waals surface area contributed by atoms with E-state index in [1.165, 1.54) is 0 Å². The monoisotopic (exact) mass is 306 g/mol. The zero-order chi connectivity index (χ0) is 10.7. The maximum atomic E-state index is 8.48. The van der Waals surface area contributed by atoms with Gasteiger partial charge in [0, 0.05) is 0 Å². The second kappa shape index (κ2) is 30.1. The molecule has 0 spiro atoms. The maximum Gasteiger partial charge on any atom is 1.00 e. The quantitative estimate of drug-likeness (QED) is 0.311. The van der Waals surface area contributed by atoms with Gasteiger partial charge in [-0.15, -0.1) is 0 Å². The van der Waals surface area contributed by atoms with Gasteiger partial charge in [-0.1, -0.05) is 0 Å². The third-order valence-corrected chi connectivity index (χ3v) is 0. The third kappa shape index (κ3) is 466. The second-order valence-corrected chi connectivity index (χ2v) is 2.01. The zero-order valence-corrected chi connectivity index (χ0v) is 15.8. The minimum absolute atomic E-state index is 0. The van der Waals surface area contributed by atoms with E-state index < -0.39 is 23.7 Å². The Morgan fingerprint density at radius 2 is 0.600 bits per heavy atom. The van der Waals surface area contributed by atoms with Gasteiger partial charge in [0.15, 0.2) is 0 Å². The van der Waals surface area contributed by atoms with Gasteiger partial charge >= 0.3 is 99.8 Å². The standard InChI is InChI=1S/K.Li.Na.3HO3P/c;;;3*1-4(2)3/h;;;3*(H,1,2,3)/q3*+1;;;/p-3. The van der Waals surface area contributed by atoms with E-state index in [0.29, 0.717) is 0 Å². The summed E-state index contributed by atoms with van der Waals surface area (Å²) in [5, 5.41) is 0. The van der Waals surface area contributed by atoms with E-state index in [4.69, 9.17) is 42.1 Å². The Bertz CT molecular complexity index is 218. The van der Waals surface area contributed by atoms with Gasteiger partial charge in [-0.3, -0.25) is 27.4 Å². The first-order valence-corrected chi connectivity index (χ1v) is 4.93. The molecule has 9 nitrogen and oxygen atoms in total. The van der Waals surface area contributed by atoms with Gasteiger partial charge in [0.1, 0.15) is 0 Å². The molecule has 0 aliphatic rings. The summed E-state index contributed by atoms with van der Waals surface area (Å²) in [6.07, 6.45) is 0. The van der Waals surface area contributed by atoms with Crippen LogP contribution >= 0.6 is 23.7 Å². The first kappa shape index (κ1) is 36.1. The summed E-state index contributed by atoms with van der Waals surface area (Å²) >= 11 is 0. The molecule has 15 heavy (non-hydrogen) atoms. The molecule has 0 aromatic heterocycles. The Kier molecular flexibility index (Phi) is 72.5. The van der Waals surface area contributed by atoms with Crippen molar-refractivity contribution in [2.24, 2.45) is 0 Å². The molecular formula is KLiNaO9P3. The molecule has 0 fully saturated rings. The fraction of sp³-hybridized carbons (Fsp3) is 0. The van der Waals surface area contributed by atoms with Crippen LogP contribution in [0, 0.1) is 0 Å². The molecule has 0 aromatic carbocycles. The normalized spacial score (nSPS) is 5.00. The molecule has 0 bridgehead atoms. The van der Waals surface area contributed by atoms with Crippen LogP contribution in [0.3, 0.4) is 0 Å². The van der Waals surface area contributed by atoms with Crippen molar-refractivity contribution in [1.82, 2.24) is 0 Å². The van der Waals surface area contributed by atoms with E-state index in [1.54, 1.807) is 0 Å². The molecule has 0 aliphatic carbocycles. The molecule has 0 atom stereocenters. The average Bonchev–Trinajstić information content (AvgIpc) is 1.54. The topological polar surface area (TPSA) is 172 Å². The van der Waals surface area contributed by atoms with Crippen LogP contribution in [0.4, 0.5) is 0 Å². The van der Waals surface area contributed by atoms with E-state index in [2.05, 4.69) is 0 Å². The van der Waals surface area contributed by atoms with Crippen LogP contribution in [0.25, 0.3) is 0 Å². The summed E-state index contributed by atoms with van der Waals surface area (Å²) < 4.78 is 50.9. The molecule has 0 saturated carbocycles. The van der Waals surface area contributed by atoms with Gasteiger partial charge in [0.2, 0.25) is 23.7 Å². The maximum absolute atomic E-state index is 8.48. The fourth-order valence-electron chi connectivity index (χ4n) is 0. The Morgan fingerprint density at radius 1 is 0.600 bits per heavy atom. The summed E-state index contributed by atoms with van der Waals surface area (Å²) in [7, 11) is -10.1. The van der Waals surface area contributed by atoms with Crippen molar-refractivity contribution in [3.63, 3.8) is 0 Å². The van der Waals surface area contributed by atoms with Crippen molar-refractivity contribution >= 4 is 23.7 Å². The van der Waals surface area contributed by atoms with E-state index in [9.17, 15) is 0 Å². The molecule has 0 amide bonds. The molecule has 0 aromatic rings. The number of hydrogen-bond acceptors (Lipinski definition) is 9. The van der Waals surface area contributed by atoms with Crippen LogP contribution < -0.4 is 114 Å². The SMILES string of the molecule is O=P(=O)[O-].O=P(=O)[O-].O=P(=O)[O-].[K+].[Li+].[Na+]. The van der Waals surface area contributed by atoms with E-state index >= 15 is 0 Å². The van der Waals surface area contributed by atoms with Crippen molar-refractivity contribution < 1.29 is 142 Å². The smallest absolute Gasteiger partial charge is 0.744 e. The summed E-state index contributed by atoms with van der Waals surface area (Å²) in [6.45, 7) is 0. The number of rotatable bonds is 0. The summed E-state index contributed by atoms with van der Waals surface area (Å²) in [4.78, 5) is 25.4. The summed E-state index contributed by atoms with van der Waals surface area (Å²) in [5.41, 5.74) is 0. The van der Waals surface area contributed by atoms with Crippen molar-refractivity contribution in [1.29, 1.82) is 0 Å². The minimum Gasteiger partial charge on any atom is -0.744 e. The Hall–Kier alpha value is 2.81. The van der Waals surface area contributed by atoms with Crippen molar-refractivity contribution in [2.45, 2.75) is 0 Å². The van der Waals surface area contributed by atoms with E-state index in [1.807, 2.05) is 0 Å². The third-order valence-electron chi connectivity index (χ3n) is 0. The van der Waals surface area contributed by atoms with Crippen molar-refractivity contribution in [2.75, 3.05) is 0 Å². The molecule has 0 radical (unpaired) electrons. The minimum atomic E-state index is -3.37. The van der Waals surface area contributed by atoms with Crippen LogP contribution in [0.2, 0.25) is 0 Å². The first-order chi connectivity index (χ1) is 5.20. The molecule has 0 heterocycles. The molecule has 72 valence electrons. The second-order valence-electron chi connectivity index (χ2n) is 0.671. The summed E-state index contributed by atoms with van der Waals surface area (Å²) in [6, 6.07) is 0. The molecule has 0 N–H and O–H groups in total. The molecule has 0 unspecified atom stereocenters. The van der Waals surface area contributed by atoms with E-state index in [-0.39, 0.29) is 99.8 Å².